The summed E-state index contributed by atoms with van der Waals surface area (Å²) in [6.45, 7) is 7.54. The molecule has 31 heavy (non-hydrogen) atoms. The normalized spacial score (nSPS) is 11.0. The van der Waals surface area contributed by atoms with E-state index in [9.17, 15) is 28.8 Å². The van der Waals surface area contributed by atoms with Gasteiger partial charge >= 0.3 is 0 Å². The fraction of sp³-hybridized carbons (Fsp3) is 0.750. The molecule has 0 N–H and O–H groups in total. The number of Topliss-reactive ketones (excluding diaryl/α,β-unsaturated/α-hetero) is 6. The van der Waals surface area contributed by atoms with Gasteiger partial charge in [0.25, 0.3) is 0 Å². The van der Waals surface area contributed by atoms with Gasteiger partial charge in [-0.05, 0) is 0 Å². The zero-order chi connectivity index (χ0) is 23.8. The summed E-state index contributed by atoms with van der Waals surface area (Å²) in [6, 6.07) is 0. The third-order valence-corrected chi connectivity index (χ3v) is 5.00. The third kappa shape index (κ3) is 16.4. The van der Waals surface area contributed by atoms with Crippen LogP contribution in [0.15, 0.2) is 0 Å². The summed E-state index contributed by atoms with van der Waals surface area (Å²) in [7, 11) is 0. The third-order valence-electron chi connectivity index (χ3n) is 5.00. The Labute approximate surface area is 185 Å². The highest BCUT2D eigenvalue weighted by atomic mass is 16.5. The highest BCUT2D eigenvalue weighted by Crippen LogP contribution is 2.08. The fourth-order valence-electron chi connectivity index (χ4n) is 2.63. The molecule has 0 unspecified atom stereocenters. The molecule has 0 amide bonds. The lowest BCUT2D eigenvalue weighted by Crippen LogP contribution is -2.12. The lowest BCUT2D eigenvalue weighted by atomic mass is 10.0. The monoisotopic (exact) mass is 438 g/mol. The van der Waals surface area contributed by atoms with Crippen molar-refractivity contribution in [2.24, 2.45) is 11.8 Å². The van der Waals surface area contributed by atoms with Gasteiger partial charge in [0.2, 0.25) is 0 Å². The summed E-state index contributed by atoms with van der Waals surface area (Å²) in [5.74, 6) is -0.415. The molecule has 0 aromatic rings. The molecule has 0 atom stereocenters. The van der Waals surface area contributed by atoms with E-state index >= 15 is 0 Å². The Morgan fingerprint density at radius 3 is 1.00 bits per heavy atom. The Balaban J connectivity index is 3.73. The minimum Gasteiger partial charge on any atom is -0.381 e. The van der Waals surface area contributed by atoms with Crippen molar-refractivity contribution in [3.8, 4) is 0 Å². The molecule has 0 aliphatic carbocycles. The van der Waals surface area contributed by atoms with Crippen LogP contribution in [-0.4, -0.2) is 47.9 Å². The van der Waals surface area contributed by atoms with Crippen LogP contribution in [0.3, 0.4) is 0 Å². The van der Waals surface area contributed by atoms with Crippen molar-refractivity contribution in [1.29, 1.82) is 0 Å². The summed E-state index contributed by atoms with van der Waals surface area (Å²) < 4.78 is 5.30. The molecule has 0 radical (unpaired) electrons. The number of hydrogen-bond donors (Lipinski definition) is 0. The topological polar surface area (TPSA) is 112 Å². The number of carbonyl (C=O) groups is 6. The predicted molar refractivity (Wildman–Crippen MR) is 117 cm³/mol. The molecular formula is C24H38O7. The van der Waals surface area contributed by atoms with Crippen molar-refractivity contribution < 1.29 is 33.5 Å². The lowest BCUT2D eigenvalue weighted by Gasteiger charge is -2.05. The van der Waals surface area contributed by atoms with Crippen LogP contribution >= 0.6 is 0 Å². The minimum absolute atomic E-state index is 0.0493. The largest absolute Gasteiger partial charge is 0.381 e. The van der Waals surface area contributed by atoms with E-state index in [1.54, 1.807) is 27.7 Å². The molecule has 176 valence electrons. The van der Waals surface area contributed by atoms with E-state index in [4.69, 9.17) is 4.74 Å². The van der Waals surface area contributed by atoms with Crippen LogP contribution in [0.25, 0.3) is 0 Å². The van der Waals surface area contributed by atoms with Gasteiger partial charge in [0, 0.05) is 76.0 Å². The van der Waals surface area contributed by atoms with Crippen molar-refractivity contribution in [2.45, 2.75) is 91.9 Å². The van der Waals surface area contributed by atoms with Crippen LogP contribution in [0.5, 0.6) is 0 Å². The summed E-state index contributed by atoms with van der Waals surface area (Å²) in [5.41, 5.74) is 0. The Morgan fingerprint density at radius 1 is 0.452 bits per heavy atom. The molecule has 0 aromatic carbocycles. The number of rotatable bonds is 20. The van der Waals surface area contributed by atoms with Gasteiger partial charge in [-0.1, -0.05) is 27.7 Å². The van der Waals surface area contributed by atoms with Crippen LogP contribution < -0.4 is 0 Å². The maximum absolute atomic E-state index is 11.8. The van der Waals surface area contributed by atoms with Gasteiger partial charge in [0.1, 0.15) is 34.7 Å². The second-order valence-electron chi connectivity index (χ2n) is 8.51. The number of hydrogen-bond acceptors (Lipinski definition) is 7. The molecule has 0 fully saturated rings. The molecule has 0 saturated heterocycles. The van der Waals surface area contributed by atoms with Gasteiger partial charge in [0.15, 0.2) is 0 Å². The second-order valence-corrected chi connectivity index (χ2v) is 8.51. The first kappa shape index (κ1) is 29.0. The highest BCUT2D eigenvalue weighted by molar-refractivity contribution is 5.90. The first-order valence-electron chi connectivity index (χ1n) is 11.2. The first-order valence-corrected chi connectivity index (χ1v) is 11.2. The highest BCUT2D eigenvalue weighted by Gasteiger charge is 2.13. The van der Waals surface area contributed by atoms with Crippen molar-refractivity contribution in [3.63, 3.8) is 0 Å². The van der Waals surface area contributed by atoms with E-state index in [0.717, 1.165) is 0 Å². The van der Waals surface area contributed by atoms with Crippen molar-refractivity contribution in [2.75, 3.05) is 13.2 Å². The zero-order valence-electron chi connectivity index (χ0n) is 19.5. The summed E-state index contributed by atoms with van der Waals surface area (Å²) in [4.78, 5) is 70.0. The quantitative estimate of drug-likeness (QED) is 0.267. The Hall–Kier alpha value is -2.02. The number of ketones is 6. The van der Waals surface area contributed by atoms with Crippen LogP contribution in [0.1, 0.15) is 91.9 Å². The van der Waals surface area contributed by atoms with E-state index < -0.39 is 0 Å². The summed E-state index contributed by atoms with van der Waals surface area (Å²) in [6.07, 6.45) is 1.71. The van der Waals surface area contributed by atoms with E-state index in [2.05, 4.69) is 0 Å². The average Bonchev–Trinajstić information content (AvgIpc) is 2.72. The summed E-state index contributed by atoms with van der Waals surface area (Å²) >= 11 is 0. The van der Waals surface area contributed by atoms with Gasteiger partial charge in [-0.2, -0.15) is 0 Å². The number of carbonyl (C=O) groups excluding carboxylic acids is 6. The molecule has 0 aliphatic heterocycles. The van der Waals surface area contributed by atoms with E-state index in [1.165, 1.54) is 0 Å². The van der Waals surface area contributed by atoms with Gasteiger partial charge in [-0.15, -0.1) is 0 Å². The maximum atomic E-state index is 11.8. The molecule has 0 spiro atoms. The molecule has 0 saturated carbocycles. The SMILES string of the molecule is CC(C)C(=O)CCC(=O)CCC(=O)CCOCCC(=O)CCC(=O)CCC(=O)C(C)C. The van der Waals surface area contributed by atoms with Crippen LogP contribution in [0.2, 0.25) is 0 Å². The van der Waals surface area contributed by atoms with E-state index in [1.807, 2.05) is 0 Å². The predicted octanol–water partition coefficient (Wildman–Crippen LogP) is 3.63. The number of ether oxygens (including phenoxy) is 1. The first-order chi connectivity index (χ1) is 14.5. The molecule has 0 aromatic heterocycles. The van der Waals surface area contributed by atoms with E-state index in [-0.39, 0.29) is 124 Å². The molecule has 0 heterocycles. The summed E-state index contributed by atoms with van der Waals surface area (Å²) in [5, 5.41) is 0. The second kappa shape index (κ2) is 16.6. The molecule has 0 rings (SSSR count). The van der Waals surface area contributed by atoms with Gasteiger partial charge in [-0.3, -0.25) is 28.8 Å². The van der Waals surface area contributed by atoms with Crippen LogP contribution in [0, 0.1) is 11.8 Å². The Kier molecular flexibility index (Phi) is 15.6. The Morgan fingerprint density at radius 2 is 0.710 bits per heavy atom. The Bertz CT molecular complexity index is 578. The fourth-order valence-corrected chi connectivity index (χ4v) is 2.63. The standard InChI is InChI=1S/C24H38O7/c1-17(2)23(29)11-9-19(25)5-7-21(27)13-15-31-16-14-22(28)8-6-20(26)10-12-24(30)18(3)4/h17-18H,5-16H2,1-4H3. The molecule has 0 bridgehead atoms. The smallest absolute Gasteiger partial charge is 0.135 e. The van der Waals surface area contributed by atoms with Crippen molar-refractivity contribution in [3.05, 3.63) is 0 Å². The average molecular weight is 439 g/mol. The molecule has 0 aliphatic rings. The van der Waals surface area contributed by atoms with Gasteiger partial charge in [0.05, 0.1) is 13.2 Å². The zero-order valence-corrected chi connectivity index (χ0v) is 19.5. The lowest BCUT2D eigenvalue weighted by molar-refractivity contribution is -0.127. The van der Waals surface area contributed by atoms with Crippen molar-refractivity contribution in [1.82, 2.24) is 0 Å². The van der Waals surface area contributed by atoms with Crippen LogP contribution in [-0.2, 0) is 33.5 Å². The van der Waals surface area contributed by atoms with Crippen LogP contribution in [0.4, 0.5) is 0 Å². The van der Waals surface area contributed by atoms with Gasteiger partial charge in [-0.25, -0.2) is 0 Å². The van der Waals surface area contributed by atoms with E-state index in [0.29, 0.717) is 0 Å². The molecule has 7 nitrogen and oxygen atoms in total. The van der Waals surface area contributed by atoms with Crippen molar-refractivity contribution >= 4 is 34.7 Å². The molecular weight excluding hydrogens is 400 g/mol. The van der Waals surface area contributed by atoms with Gasteiger partial charge < -0.3 is 4.74 Å². The molecule has 7 heteroatoms. The maximum Gasteiger partial charge on any atom is 0.135 e. The minimum atomic E-state index is -0.0867.